The summed E-state index contributed by atoms with van der Waals surface area (Å²) in [5.41, 5.74) is 3.36. The first-order valence-corrected chi connectivity index (χ1v) is 8.47. The first-order chi connectivity index (χ1) is 11.6. The fourth-order valence-electron chi connectivity index (χ4n) is 2.89. The van der Waals surface area contributed by atoms with Gasteiger partial charge in [0.15, 0.2) is 0 Å². The molecule has 3 rings (SSSR count). The highest BCUT2D eigenvalue weighted by Crippen LogP contribution is 2.47. The third-order valence-electron chi connectivity index (χ3n) is 4.54. The van der Waals surface area contributed by atoms with Crippen LogP contribution in [-0.4, -0.2) is 19.2 Å². The van der Waals surface area contributed by atoms with Gasteiger partial charge in [-0.25, -0.2) is 4.79 Å². The number of amides is 2. The summed E-state index contributed by atoms with van der Waals surface area (Å²) in [7, 11) is 0. The summed E-state index contributed by atoms with van der Waals surface area (Å²) in [5.74, 6) is 0.690. The zero-order chi connectivity index (χ0) is 17.0. The van der Waals surface area contributed by atoms with Gasteiger partial charge in [0.1, 0.15) is 5.75 Å². The van der Waals surface area contributed by atoms with Gasteiger partial charge in [-0.3, -0.25) is 0 Å². The molecule has 126 valence electrons. The number of nitrogens with one attached hydrogen (secondary N) is 2. The van der Waals surface area contributed by atoms with Gasteiger partial charge in [-0.1, -0.05) is 42.0 Å². The van der Waals surface area contributed by atoms with Crippen molar-refractivity contribution >= 4 is 11.7 Å². The second-order valence-electron chi connectivity index (χ2n) is 6.38. The van der Waals surface area contributed by atoms with Gasteiger partial charge in [0.05, 0.1) is 12.3 Å². The third-order valence-corrected chi connectivity index (χ3v) is 4.54. The zero-order valence-electron chi connectivity index (χ0n) is 14.3. The van der Waals surface area contributed by atoms with Crippen LogP contribution in [0.5, 0.6) is 5.75 Å². The number of anilines is 1. The SMILES string of the molecule is CCOc1ccccc1NC(=O)NCC1(c2ccc(C)cc2)CC1. The Morgan fingerprint density at radius 2 is 1.83 bits per heavy atom. The summed E-state index contributed by atoms with van der Waals surface area (Å²) >= 11 is 0. The van der Waals surface area contributed by atoms with Gasteiger partial charge < -0.3 is 15.4 Å². The minimum absolute atomic E-state index is 0.102. The monoisotopic (exact) mass is 324 g/mol. The van der Waals surface area contributed by atoms with Crippen molar-refractivity contribution in [3.63, 3.8) is 0 Å². The Balaban J connectivity index is 1.59. The summed E-state index contributed by atoms with van der Waals surface area (Å²) in [6, 6.07) is 15.9. The molecule has 2 N–H and O–H groups in total. The van der Waals surface area contributed by atoms with Crippen molar-refractivity contribution < 1.29 is 9.53 Å². The topological polar surface area (TPSA) is 50.4 Å². The first kappa shape index (κ1) is 16.4. The number of carbonyl (C=O) groups is 1. The molecule has 0 bridgehead atoms. The van der Waals surface area contributed by atoms with Gasteiger partial charge in [0, 0.05) is 12.0 Å². The average molecular weight is 324 g/mol. The van der Waals surface area contributed by atoms with E-state index in [9.17, 15) is 4.79 Å². The zero-order valence-corrected chi connectivity index (χ0v) is 14.3. The van der Waals surface area contributed by atoms with E-state index in [4.69, 9.17) is 4.74 Å². The Morgan fingerprint density at radius 1 is 1.12 bits per heavy atom. The predicted octanol–water partition coefficient (Wildman–Crippen LogP) is 4.25. The van der Waals surface area contributed by atoms with Crippen LogP contribution in [0, 0.1) is 6.92 Å². The lowest BCUT2D eigenvalue weighted by molar-refractivity contribution is 0.251. The normalized spacial score (nSPS) is 14.8. The highest BCUT2D eigenvalue weighted by atomic mass is 16.5. The van der Waals surface area contributed by atoms with Crippen molar-refractivity contribution in [3.8, 4) is 5.75 Å². The van der Waals surface area contributed by atoms with Crippen LogP contribution in [-0.2, 0) is 5.41 Å². The van der Waals surface area contributed by atoms with E-state index in [2.05, 4.69) is 41.8 Å². The lowest BCUT2D eigenvalue weighted by Crippen LogP contribution is -2.35. The lowest BCUT2D eigenvalue weighted by atomic mass is 9.95. The Kier molecular flexibility index (Phi) is 4.74. The minimum Gasteiger partial charge on any atom is -0.492 e. The van der Waals surface area contributed by atoms with Crippen molar-refractivity contribution in [2.24, 2.45) is 0 Å². The van der Waals surface area contributed by atoms with Crippen LogP contribution in [0.15, 0.2) is 48.5 Å². The number of urea groups is 1. The maximum Gasteiger partial charge on any atom is 0.319 e. The van der Waals surface area contributed by atoms with E-state index < -0.39 is 0 Å². The molecule has 4 heteroatoms. The number of para-hydroxylation sites is 2. The van der Waals surface area contributed by atoms with Gasteiger partial charge in [-0.15, -0.1) is 0 Å². The highest BCUT2D eigenvalue weighted by Gasteiger charge is 2.44. The molecular formula is C20H24N2O2. The van der Waals surface area contributed by atoms with Crippen LogP contribution in [0.4, 0.5) is 10.5 Å². The molecule has 0 unspecified atom stereocenters. The Morgan fingerprint density at radius 3 is 2.50 bits per heavy atom. The number of benzene rings is 2. The molecule has 0 aliphatic heterocycles. The second kappa shape index (κ2) is 6.95. The molecule has 0 aromatic heterocycles. The van der Waals surface area contributed by atoms with Crippen LogP contribution in [0.25, 0.3) is 0 Å². The number of hydrogen-bond acceptors (Lipinski definition) is 2. The van der Waals surface area contributed by atoms with Gasteiger partial charge in [-0.2, -0.15) is 0 Å². The molecule has 0 radical (unpaired) electrons. The third kappa shape index (κ3) is 3.70. The van der Waals surface area contributed by atoms with E-state index in [-0.39, 0.29) is 11.4 Å². The predicted molar refractivity (Wildman–Crippen MR) is 96.7 cm³/mol. The molecule has 1 aliphatic rings. The standard InChI is InChI=1S/C20H24N2O2/c1-3-24-18-7-5-4-6-17(18)22-19(23)21-14-20(12-13-20)16-10-8-15(2)9-11-16/h4-11H,3,12-14H2,1-2H3,(H2,21,22,23). The summed E-state index contributed by atoms with van der Waals surface area (Å²) < 4.78 is 5.53. The smallest absolute Gasteiger partial charge is 0.319 e. The molecular weight excluding hydrogens is 300 g/mol. The Hall–Kier alpha value is -2.49. The second-order valence-corrected chi connectivity index (χ2v) is 6.38. The summed E-state index contributed by atoms with van der Waals surface area (Å²) in [5, 5.41) is 5.89. The van der Waals surface area contributed by atoms with Crippen molar-refractivity contribution in [1.29, 1.82) is 0 Å². The van der Waals surface area contributed by atoms with E-state index in [0.29, 0.717) is 24.6 Å². The molecule has 1 aliphatic carbocycles. The van der Waals surface area contributed by atoms with Crippen molar-refractivity contribution in [2.75, 3.05) is 18.5 Å². The first-order valence-electron chi connectivity index (χ1n) is 8.47. The van der Waals surface area contributed by atoms with Crippen LogP contribution in [0.3, 0.4) is 0 Å². The fourth-order valence-corrected chi connectivity index (χ4v) is 2.89. The average Bonchev–Trinajstić information content (AvgIpc) is 3.37. The number of ether oxygens (including phenoxy) is 1. The Labute approximate surface area is 143 Å². The molecule has 2 amide bonds. The molecule has 0 atom stereocenters. The molecule has 4 nitrogen and oxygen atoms in total. The van der Waals surface area contributed by atoms with Crippen molar-refractivity contribution in [1.82, 2.24) is 5.32 Å². The molecule has 0 heterocycles. The van der Waals surface area contributed by atoms with E-state index >= 15 is 0 Å². The molecule has 24 heavy (non-hydrogen) atoms. The minimum atomic E-state index is -0.194. The van der Waals surface area contributed by atoms with Crippen LogP contribution < -0.4 is 15.4 Å². The maximum atomic E-state index is 12.3. The van der Waals surface area contributed by atoms with E-state index in [0.717, 1.165) is 12.8 Å². The van der Waals surface area contributed by atoms with Crippen LogP contribution >= 0.6 is 0 Å². The van der Waals surface area contributed by atoms with Crippen molar-refractivity contribution in [2.45, 2.75) is 32.1 Å². The number of hydrogen-bond donors (Lipinski definition) is 2. The molecule has 1 fully saturated rings. The lowest BCUT2D eigenvalue weighted by Gasteiger charge is -2.18. The largest absolute Gasteiger partial charge is 0.492 e. The number of aryl methyl sites for hydroxylation is 1. The molecule has 0 saturated heterocycles. The van der Waals surface area contributed by atoms with Crippen LogP contribution in [0.1, 0.15) is 30.9 Å². The maximum absolute atomic E-state index is 12.3. The summed E-state index contributed by atoms with van der Waals surface area (Å²) in [4.78, 5) is 12.3. The van der Waals surface area contributed by atoms with Gasteiger partial charge in [-0.05, 0) is 44.4 Å². The van der Waals surface area contributed by atoms with Crippen LogP contribution in [0.2, 0.25) is 0 Å². The molecule has 2 aromatic rings. The molecule has 1 saturated carbocycles. The van der Waals surface area contributed by atoms with Crippen molar-refractivity contribution in [3.05, 3.63) is 59.7 Å². The Bertz CT molecular complexity index is 706. The van der Waals surface area contributed by atoms with E-state index in [1.165, 1.54) is 11.1 Å². The quantitative estimate of drug-likeness (QED) is 0.834. The summed E-state index contributed by atoms with van der Waals surface area (Å²) in [6.45, 7) is 5.23. The number of rotatable bonds is 6. The molecule has 0 spiro atoms. The fraction of sp³-hybridized carbons (Fsp3) is 0.350. The van der Waals surface area contributed by atoms with Gasteiger partial charge >= 0.3 is 6.03 Å². The van der Waals surface area contributed by atoms with Gasteiger partial charge in [0.2, 0.25) is 0 Å². The van der Waals surface area contributed by atoms with E-state index in [1.807, 2.05) is 31.2 Å². The molecule has 2 aromatic carbocycles. The van der Waals surface area contributed by atoms with E-state index in [1.54, 1.807) is 0 Å². The number of carbonyl (C=O) groups excluding carboxylic acids is 1. The summed E-state index contributed by atoms with van der Waals surface area (Å²) in [6.07, 6.45) is 2.23. The highest BCUT2D eigenvalue weighted by molar-refractivity contribution is 5.91. The van der Waals surface area contributed by atoms with Gasteiger partial charge in [0.25, 0.3) is 0 Å².